The summed E-state index contributed by atoms with van der Waals surface area (Å²) in [4.78, 5) is 51.9. The minimum atomic E-state index is -0.640. The lowest BCUT2D eigenvalue weighted by atomic mass is 9.95. The van der Waals surface area contributed by atoms with Crippen molar-refractivity contribution in [3.05, 3.63) is 51.7 Å². The molecule has 2 aromatic heterocycles. The summed E-state index contributed by atoms with van der Waals surface area (Å²) < 4.78 is 17.6. The van der Waals surface area contributed by atoms with Crippen LogP contribution in [0.2, 0.25) is 0 Å². The predicted molar refractivity (Wildman–Crippen MR) is 171 cm³/mol. The summed E-state index contributed by atoms with van der Waals surface area (Å²) >= 11 is 2.22. The molecule has 4 rings (SSSR count). The molecule has 3 aromatic rings. The number of amides is 2. The number of benzene rings is 1. The molecule has 2 heterocycles. The highest BCUT2D eigenvalue weighted by atomic mass is 32.2. The molecule has 45 heavy (non-hydrogen) atoms. The van der Waals surface area contributed by atoms with Gasteiger partial charge in [0, 0.05) is 11.6 Å². The van der Waals surface area contributed by atoms with Gasteiger partial charge in [0.05, 0.1) is 37.7 Å². The molecule has 1 fully saturated rings. The summed E-state index contributed by atoms with van der Waals surface area (Å²) in [7, 11) is 1.55. The second-order valence-corrected chi connectivity index (χ2v) is 12.8. The van der Waals surface area contributed by atoms with Crippen LogP contribution in [0.4, 0.5) is 5.00 Å². The first-order valence-corrected chi connectivity index (χ1v) is 16.7. The lowest BCUT2D eigenvalue weighted by Gasteiger charge is -2.26. The molecule has 14 heteroatoms. The Morgan fingerprint density at radius 1 is 1.07 bits per heavy atom. The Bertz CT molecular complexity index is 1530. The topological polar surface area (TPSA) is 151 Å². The largest absolute Gasteiger partial charge is 0.497 e. The summed E-state index contributed by atoms with van der Waals surface area (Å²) in [6.07, 6.45) is 5.16. The first-order valence-electron chi connectivity index (χ1n) is 15.0. The molecular weight excluding hydrogens is 619 g/mol. The molecule has 242 valence electrons. The van der Waals surface area contributed by atoms with E-state index in [1.165, 1.54) is 11.8 Å². The summed E-state index contributed by atoms with van der Waals surface area (Å²) in [6, 6.07) is 7.04. The monoisotopic (exact) mass is 657 g/mol. The quantitative estimate of drug-likeness (QED) is 0.177. The van der Waals surface area contributed by atoms with E-state index in [2.05, 4.69) is 20.8 Å². The Balaban J connectivity index is 1.53. The number of aromatic nitrogens is 3. The van der Waals surface area contributed by atoms with Gasteiger partial charge in [-0.2, -0.15) is 0 Å². The molecule has 0 radical (unpaired) electrons. The van der Waals surface area contributed by atoms with Crippen LogP contribution >= 0.6 is 23.1 Å². The Labute approximate surface area is 270 Å². The van der Waals surface area contributed by atoms with Gasteiger partial charge >= 0.3 is 11.9 Å². The molecule has 0 aliphatic heterocycles. The molecule has 1 aliphatic carbocycles. The van der Waals surface area contributed by atoms with E-state index in [4.69, 9.17) is 14.2 Å². The second-order valence-electron chi connectivity index (χ2n) is 10.4. The molecule has 1 saturated carbocycles. The van der Waals surface area contributed by atoms with Crippen molar-refractivity contribution in [3.63, 3.8) is 0 Å². The lowest BCUT2D eigenvalue weighted by molar-refractivity contribution is -0.115. The maximum absolute atomic E-state index is 13.5. The van der Waals surface area contributed by atoms with Crippen LogP contribution in [0.5, 0.6) is 5.75 Å². The molecule has 0 bridgehead atoms. The standard InChI is InChI=1S/C31H39N5O7S2/c1-6-42-29(39)24-18(3)25(30(40)43-7-2)45-28(24)33-26(37)19(4)44-31-35-34-23(36(31)21-13-9-8-10-14-21)17-32-27(38)20-12-11-15-22(16-20)41-5/h11-12,15-16,19,21H,6-10,13-14,17H2,1-5H3,(H,32,38)(H,33,37). The number of nitrogens with one attached hydrogen (secondary N) is 2. The van der Waals surface area contributed by atoms with Crippen molar-refractivity contribution in [2.75, 3.05) is 25.6 Å². The van der Waals surface area contributed by atoms with Crippen molar-refractivity contribution in [1.29, 1.82) is 0 Å². The number of rotatable bonds is 13. The first-order chi connectivity index (χ1) is 21.7. The summed E-state index contributed by atoms with van der Waals surface area (Å²) in [6.45, 7) is 7.22. The highest BCUT2D eigenvalue weighted by molar-refractivity contribution is 8.00. The van der Waals surface area contributed by atoms with Crippen molar-refractivity contribution in [3.8, 4) is 5.75 Å². The van der Waals surface area contributed by atoms with Crippen molar-refractivity contribution >= 4 is 51.9 Å². The van der Waals surface area contributed by atoms with Crippen molar-refractivity contribution < 1.29 is 33.4 Å². The number of methoxy groups -OCH3 is 1. The second kappa shape index (κ2) is 15.9. The van der Waals surface area contributed by atoms with Gasteiger partial charge in [0.1, 0.15) is 15.6 Å². The molecule has 1 aromatic carbocycles. The average molecular weight is 658 g/mol. The molecular formula is C31H39N5O7S2. The van der Waals surface area contributed by atoms with Crippen LogP contribution < -0.4 is 15.4 Å². The smallest absolute Gasteiger partial charge is 0.348 e. The van der Waals surface area contributed by atoms with Gasteiger partial charge in [-0.3, -0.25) is 9.59 Å². The van der Waals surface area contributed by atoms with Crippen LogP contribution in [-0.4, -0.2) is 64.1 Å². The first kappa shape index (κ1) is 34.0. The van der Waals surface area contributed by atoms with Gasteiger partial charge < -0.3 is 29.4 Å². The van der Waals surface area contributed by atoms with Crippen LogP contribution in [0.25, 0.3) is 0 Å². The molecule has 0 saturated heterocycles. The molecule has 1 unspecified atom stereocenters. The number of nitrogens with zero attached hydrogens (tertiary/aromatic N) is 3. The average Bonchev–Trinajstić information content (AvgIpc) is 3.60. The fourth-order valence-corrected chi connectivity index (χ4v) is 7.14. The molecule has 1 aliphatic rings. The fourth-order valence-electron chi connectivity index (χ4n) is 5.11. The number of anilines is 1. The van der Waals surface area contributed by atoms with Gasteiger partial charge in [0.25, 0.3) is 5.91 Å². The number of carbonyl (C=O) groups excluding carboxylic acids is 4. The van der Waals surface area contributed by atoms with Crippen LogP contribution in [0, 0.1) is 6.92 Å². The Hall–Kier alpha value is -3.91. The number of hydrogen-bond donors (Lipinski definition) is 2. The third-order valence-corrected chi connectivity index (χ3v) is 9.63. The van der Waals surface area contributed by atoms with Crippen LogP contribution in [0.15, 0.2) is 29.4 Å². The number of carbonyl (C=O) groups is 4. The van der Waals surface area contributed by atoms with Gasteiger partial charge in [-0.25, -0.2) is 9.59 Å². The highest BCUT2D eigenvalue weighted by Crippen LogP contribution is 2.37. The molecule has 12 nitrogen and oxygen atoms in total. The summed E-state index contributed by atoms with van der Waals surface area (Å²) in [5.41, 5.74) is 0.996. The number of thiophene rings is 1. The Morgan fingerprint density at radius 2 is 1.78 bits per heavy atom. The van der Waals surface area contributed by atoms with E-state index in [1.54, 1.807) is 59.1 Å². The van der Waals surface area contributed by atoms with Crippen LogP contribution in [0.3, 0.4) is 0 Å². The lowest BCUT2D eigenvalue weighted by Crippen LogP contribution is -2.27. The van der Waals surface area contributed by atoms with Crippen molar-refractivity contribution in [2.45, 2.75) is 82.8 Å². The maximum atomic E-state index is 13.5. The van der Waals surface area contributed by atoms with E-state index in [1.807, 2.05) is 4.57 Å². The van der Waals surface area contributed by atoms with Gasteiger partial charge in [-0.05, 0) is 64.3 Å². The highest BCUT2D eigenvalue weighted by Gasteiger charge is 2.30. The number of hydrogen-bond acceptors (Lipinski definition) is 11. The SMILES string of the molecule is CCOC(=O)c1sc(NC(=O)C(C)Sc2nnc(CNC(=O)c3cccc(OC)c3)n2C2CCCCC2)c(C(=O)OCC)c1C. The summed E-state index contributed by atoms with van der Waals surface area (Å²) in [5.74, 6) is -0.655. The molecule has 2 N–H and O–H groups in total. The van der Waals surface area contributed by atoms with E-state index in [9.17, 15) is 19.2 Å². The molecule has 1 atom stereocenters. The Kier molecular flexibility index (Phi) is 12.0. The van der Waals surface area contributed by atoms with Crippen LogP contribution in [0.1, 0.15) is 101 Å². The number of esters is 2. The zero-order valence-electron chi connectivity index (χ0n) is 26.1. The van der Waals surface area contributed by atoms with E-state index < -0.39 is 17.2 Å². The van der Waals surface area contributed by atoms with Crippen molar-refractivity contribution in [1.82, 2.24) is 20.1 Å². The number of ether oxygens (including phenoxy) is 3. The Morgan fingerprint density at radius 3 is 2.47 bits per heavy atom. The zero-order chi connectivity index (χ0) is 32.5. The van der Waals surface area contributed by atoms with E-state index in [0.29, 0.717) is 27.9 Å². The minimum absolute atomic E-state index is 0.134. The van der Waals surface area contributed by atoms with E-state index in [-0.39, 0.29) is 53.1 Å². The fraction of sp³-hybridized carbons (Fsp3) is 0.484. The molecule has 2 amide bonds. The number of thioether (sulfide) groups is 1. The maximum Gasteiger partial charge on any atom is 0.348 e. The van der Waals surface area contributed by atoms with Gasteiger partial charge in [-0.15, -0.1) is 21.5 Å². The van der Waals surface area contributed by atoms with E-state index in [0.717, 1.165) is 43.4 Å². The van der Waals surface area contributed by atoms with Crippen LogP contribution in [-0.2, 0) is 20.8 Å². The minimum Gasteiger partial charge on any atom is -0.497 e. The molecule has 0 spiro atoms. The summed E-state index contributed by atoms with van der Waals surface area (Å²) in [5, 5.41) is 14.7. The van der Waals surface area contributed by atoms with Gasteiger partial charge in [0.15, 0.2) is 11.0 Å². The third-order valence-electron chi connectivity index (χ3n) is 7.39. The zero-order valence-corrected chi connectivity index (χ0v) is 27.8. The van der Waals surface area contributed by atoms with E-state index >= 15 is 0 Å². The van der Waals surface area contributed by atoms with Gasteiger partial charge in [0.2, 0.25) is 5.91 Å². The third kappa shape index (κ3) is 8.23. The van der Waals surface area contributed by atoms with Crippen molar-refractivity contribution in [2.24, 2.45) is 0 Å². The predicted octanol–water partition coefficient (Wildman–Crippen LogP) is 5.56. The van der Waals surface area contributed by atoms with Gasteiger partial charge in [-0.1, -0.05) is 37.1 Å². The normalized spacial score (nSPS) is 14.0.